The molecule has 24 heavy (non-hydrogen) atoms. The summed E-state index contributed by atoms with van der Waals surface area (Å²) >= 11 is 0. The third-order valence-electron chi connectivity index (χ3n) is 4.64. The van der Waals surface area contributed by atoms with Gasteiger partial charge in [-0.05, 0) is 43.4 Å². The third-order valence-corrected chi connectivity index (χ3v) is 4.64. The first kappa shape index (κ1) is 16.4. The van der Waals surface area contributed by atoms with Gasteiger partial charge in [0.25, 0.3) is 5.91 Å². The van der Waals surface area contributed by atoms with E-state index >= 15 is 0 Å². The van der Waals surface area contributed by atoms with Crippen molar-refractivity contribution in [3.8, 4) is 11.5 Å². The summed E-state index contributed by atoms with van der Waals surface area (Å²) in [6, 6.07) is 4.90. The van der Waals surface area contributed by atoms with E-state index in [1.165, 1.54) is 5.57 Å². The molecule has 1 aliphatic carbocycles. The molecule has 1 aromatic rings. The minimum absolute atomic E-state index is 0.0924. The highest BCUT2D eigenvalue weighted by atomic mass is 16.7. The quantitative estimate of drug-likeness (QED) is 0.659. The molecule has 2 aliphatic rings. The number of amides is 2. The fraction of sp³-hybridized carbons (Fsp3) is 0.444. The van der Waals surface area contributed by atoms with Crippen LogP contribution in [0.1, 0.15) is 38.1 Å². The Bertz CT molecular complexity index is 720. The van der Waals surface area contributed by atoms with Crippen LogP contribution in [-0.4, -0.2) is 18.6 Å². The Morgan fingerprint density at radius 3 is 2.58 bits per heavy atom. The van der Waals surface area contributed by atoms with Crippen LogP contribution in [0.5, 0.6) is 11.5 Å². The molecule has 1 fully saturated rings. The minimum atomic E-state index is -0.390. The van der Waals surface area contributed by atoms with Crippen molar-refractivity contribution in [1.82, 2.24) is 10.9 Å². The highest BCUT2D eigenvalue weighted by molar-refractivity contribution is 5.96. The molecule has 0 radical (unpaired) electrons. The molecule has 0 aromatic heterocycles. The maximum Gasteiger partial charge on any atom is 0.269 e. The Kier molecular flexibility index (Phi) is 3.99. The highest BCUT2D eigenvalue weighted by Crippen LogP contribution is 2.59. The summed E-state index contributed by atoms with van der Waals surface area (Å²) in [5.41, 5.74) is 6.49. The molecule has 1 aromatic carbocycles. The maximum atomic E-state index is 12.3. The summed E-state index contributed by atoms with van der Waals surface area (Å²) in [5, 5.41) is 0. The normalized spacial score (nSPS) is 22.5. The third kappa shape index (κ3) is 2.96. The molecule has 0 bridgehead atoms. The predicted molar refractivity (Wildman–Crippen MR) is 88.4 cm³/mol. The van der Waals surface area contributed by atoms with Crippen LogP contribution in [0.4, 0.5) is 0 Å². The summed E-state index contributed by atoms with van der Waals surface area (Å²) in [7, 11) is 0. The zero-order chi connectivity index (χ0) is 17.5. The fourth-order valence-electron chi connectivity index (χ4n) is 3.15. The molecule has 2 atom stereocenters. The van der Waals surface area contributed by atoms with Crippen molar-refractivity contribution < 1.29 is 19.1 Å². The largest absolute Gasteiger partial charge is 0.454 e. The van der Waals surface area contributed by atoms with E-state index in [4.69, 9.17) is 9.47 Å². The SMILES string of the molecule is CC(C)=C[C@H]1[C@@H](C(=O)NNC(=O)c2ccc3c(c2)OCO3)C1(C)C. The number of ether oxygens (including phenoxy) is 2. The second kappa shape index (κ2) is 5.85. The standard InChI is InChI=1S/C18H22N2O4/c1-10(2)7-12-15(18(12,3)4)17(22)20-19-16(21)11-5-6-13-14(8-11)24-9-23-13/h5-8,12,15H,9H2,1-4H3,(H,19,21)(H,20,22)/t12-,15-/m0/s1. The fourth-order valence-corrected chi connectivity index (χ4v) is 3.15. The van der Waals surface area contributed by atoms with Gasteiger partial charge in [0.05, 0.1) is 5.92 Å². The number of nitrogens with one attached hydrogen (secondary N) is 2. The monoisotopic (exact) mass is 330 g/mol. The van der Waals surface area contributed by atoms with E-state index in [0.29, 0.717) is 17.1 Å². The number of allylic oxidation sites excluding steroid dienone is 2. The summed E-state index contributed by atoms with van der Waals surface area (Å²) in [6.45, 7) is 8.30. The molecule has 1 saturated carbocycles. The van der Waals surface area contributed by atoms with Crippen LogP contribution < -0.4 is 20.3 Å². The number of hydrogen-bond donors (Lipinski definition) is 2. The zero-order valence-electron chi connectivity index (χ0n) is 14.3. The van der Waals surface area contributed by atoms with Crippen LogP contribution in [0.3, 0.4) is 0 Å². The molecule has 0 saturated heterocycles. The van der Waals surface area contributed by atoms with Crippen LogP contribution in [0.2, 0.25) is 0 Å². The van der Waals surface area contributed by atoms with E-state index in [1.807, 2.05) is 13.8 Å². The van der Waals surface area contributed by atoms with Gasteiger partial charge in [-0.2, -0.15) is 0 Å². The van der Waals surface area contributed by atoms with Gasteiger partial charge in [0, 0.05) is 5.56 Å². The van der Waals surface area contributed by atoms with E-state index in [0.717, 1.165) is 0 Å². The number of benzene rings is 1. The van der Waals surface area contributed by atoms with Crippen molar-refractivity contribution in [3.63, 3.8) is 0 Å². The number of carbonyl (C=O) groups excluding carboxylic acids is 2. The molecule has 128 valence electrons. The topological polar surface area (TPSA) is 76.7 Å². The molecule has 2 amide bonds. The average molecular weight is 330 g/mol. The number of fused-ring (bicyclic) bond motifs is 1. The van der Waals surface area contributed by atoms with E-state index in [1.54, 1.807) is 18.2 Å². The van der Waals surface area contributed by atoms with Gasteiger partial charge in [-0.3, -0.25) is 20.4 Å². The van der Waals surface area contributed by atoms with Gasteiger partial charge in [0.15, 0.2) is 11.5 Å². The van der Waals surface area contributed by atoms with Crippen molar-refractivity contribution in [1.29, 1.82) is 0 Å². The maximum absolute atomic E-state index is 12.3. The lowest BCUT2D eigenvalue weighted by Crippen LogP contribution is -2.43. The van der Waals surface area contributed by atoms with Crippen molar-refractivity contribution in [3.05, 3.63) is 35.4 Å². The van der Waals surface area contributed by atoms with Crippen molar-refractivity contribution in [2.75, 3.05) is 6.79 Å². The van der Waals surface area contributed by atoms with E-state index in [9.17, 15) is 9.59 Å². The summed E-state index contributed by atoms with van der Waals surface area (Å²) in [6.07, 6.45) is 2.11. The second-order valence-electron chi connectivity index (χ2n) is 7.08. The molecular formula is C18H22N2O4. The molecule has 6 heteroatoms. The zero-order valence-corrected chi connectivity index (χ0v) is 14.3. The molecular weight excluding hydrogens is 308 g/mol. The molecule has 1 heterocycles. The van der Waals surface area contributed by atoms with Crippen LogP contribution in [0, 0.1) is 17.3 Å². The number of rotatable bonds is 3. The summed E-state index contributed by atoms with van der Waals surface area (Å²) in [4.78, 5) is 24.5. The first-order valence-corrected chi connectivity index (χ1v) is 7.95. The van der Waals surface area contributed by atoms with Crippen molar-refractivity contribution in [2.45, 2.75) is 27.7 Å². The lowest BCUT2D eigenvalue weighted by Gasteiger charge is -2.08. The van der Waals surface area contributed by atoms with E-state index in [-0.39, 0.29) is 35.9 Å². The van der Waals surface area contributed by atoms with Crippen LogP contribution in [0.25, 0.3) is 0 Å². The van der Waals surface area contributed by atoms with Gasteiger partial charge in [-0.15, -0.1) is 0 Å². The van der Waals surface area contributed by atoms with Crippen molar-refractivity contribution in [2.24, 2.45) is 17.3 Å². The second-order valence-corrected chi connectivity index (χ2v) is 7.08. The van der Waals surface area contributed by atoms with Crippen LogP contribution in [0.15, 0.2) is 29.8 Å². The molecule has 0 spiro atoms. The van der Waals surface area contributed by atoms with Crippen LogP contribution in [-0.2, 0) is 4.79 Å². The van der Waals surface area contributed by atoms with Gasteiger partial charge in [-0.1, -0.05) is 25.5 Å². The first-order valence-electron chi connectivity index (χ1n) is 7.95. The van der Waals surface area contributed by atoms with E-state index in [2.05, 4.69) is 30.8 Å². The van der Waals surface area contributed by atoms with Gasteiger partial charge in [-0.25, -0.2) is 0 Å². The van der Waals surface area contributed by atoms with Gasteiger partial charge < -0.3 is 9.47 Å². The highest BCUT2D eigenvalue weighted by Gasteiger charge is 2.60. The Morgan fingerprint density at radius 1 is 1.17 bits per heavy atom. The average Bonchev–Trinajstić information content (AvgIpc) is 2.88. The Hall–Kier alpha value is -2.50. The molecule has 2 N–H and O–H groups in total. The van der Waals surface area contributed by atoms with Gasteiger partial charge in [0.2, 0.25) is 12.7 Å². The number of hydrazine groups is 1. The molecule has 1 aliphatic heterocycles. The predicted octanol–water partition coefficient (Wildman–Crippen LogP) is 2.41. The summed E-state index contributed by atoms with van der Waals surface area (Å²) in [5.74, 6) is 0.644. The minimum Gasteiger partial charge on any atom is -0.454 e. The van der Waals surface area contributed by atoms with E-state index < -0.39 is 0 Å². The smallest absolute Gasteiger partial charge is 0.269 e. The number of hydrogen-bond acceptors (Lipinski definition) is 4. The lowest BCUT2D eigenvalue weighted by atomic mass is 10.1. The summed E-state index contributed by atoms with van der Waals surface area (Å²) < 4.78 is 10.5. The Labute approximate surface area is 141 Å². The molecule has 3 rings (SSSR count). The van der Waals surface area contributed by atoms with Gasteiger partial charge in [0.1, 0.15) is 0 Å². The Morgan fingerprint density at radius 2 is 1.88 bits per heavy atom. The van der Waals surface area contributed by atoms with Crippen molar-refractivity contribution >= 4 is 11.8 Å². The lowest BCUT2D eigenvalue weighted by molar-refractivity contribution is -0.123. The first-order chi connectivity index (χ1) is 11.3. The van der Waals surface area contributed by atoms with Gasteiger partial charge >= 0.3 is 0 Å². The Balaban J connectivity index is 1.59. The molecule has 6 nitrogen and oxygen atoms in total. The number of carbonyl (C=O) groups is 2. The molecule has 0 unspecified atom stereocenters. The van der Waals surface area contributed by atoms with Crippen LogP contribution >= 0.6 is 0 Å².